The van der Waals surface area contributed by atoms with Crippen molar-refractivity contribution in [2.75, 3.05) is 13.1 Å². The number of carbonyl (C=O) groups is 2. The van der Waals surface area contributed by atoms with Crippen LogP contribution in [0.1, 0.15) is 31.4 Å². The van der Waals surface area contributed by atoms with Crippen molar-refractivity contribution in [3.05, 3.63) is 48.0 Å². The minimum absolute atomic E-state index is 0.130. The molecule has 0 saturated carbocycles. The van der Waals surface area contributed by atoms with Gasteiger partial charge in [0.15, 0.2) is 0 Å². The number of carboxylic acid groups (broad SMARTS) is 1. The molecule has 5 heteroatoms. The molecule has 1 amide bonds. The lowest BCUT2D eigenvalue weighted by molar-refractivity contribution is -0.142. The van der Waals surface area contributed by atoms with E-state index in [0.717, 1.165) is 22.8 Å². The van der Waals surface area contributed by atoms with Crippen molar-refractivity contribution in [3.63, 3.8) is 0 Å². The molecule has 2 aromatic rings. The Morgan fingerprint density at radius 2 is 2.00 bits per heavy atom. The smallest absolute Gasteiger partial charge is 0.320 e. The van der Waals surface area contributed by atoms with Crippen molar-refractivity contribution >= 4 is 22.6 Å². The fourth-order valence-corrected chi connectivity index (χ4v) is 3.47. The van der Waals surface area contributed by atoms with E-state index in [1.54, 1.807) is 4.90 Å². The highest BCUT2D eigenvalue weighted by Crippen LogP contribution is 2.24. The van der Waals surface area contributed by atoms with Crippen LogP contribution in [0.2, 0.25) is 0 Å². The molecule has 2 atom stereocenters. The maximum Gasteiger partial charge on any atom is 0.320 e. The predicted octanol–water partition coefficient (Wildman–Crippen LogP) is 2.57. The van der Waals surface area contributed by atoms with Gasteiger partial charge >= 0.3 is 5.97 Å². The number of carbonyl (C=O) groups excluding carboxylic acids is 1. The Kier molecular flexibility index (Phi) is 4.81. The molecule has 2 N–H and O–H groups in total. The normalized spacial score (nSPS) is 19.3. The van der Waals surface area contributed by atoms with E-state index in [1.165, 1.54) is 0 Å². The monoisotopic (exact) mass is 326 g/mol. The van der Waals surface area contributed by atoms with Gasteiger partial charge in [-0.25, -0.2) is 0 Å². The van der Waals surface area contributed by atoms with E-state index in [4.69, 9.17) is 0 Å². The highest BCUT2D eigenvalue weighted by atomic mass is 16.4. The summed E-state index contributed by atoms with van der Waals surface area (Å²) in [6, 6.07) is 13.5. The van der Waals surface area contributed by atoms with E-state index in [-0.39, 0.29) is 18.5 Å². The zero-order valence-electron chi connectivity index (χ0n) is 13.7. The molecule has 0 aromatic heterocycles. The predicted molar refractivity (Wildman–Crippen MR) is 92.7 cm³/mol. The zero-order valence-corrected chi connectivity index (χ0v) is 13.7. The number of fused-ring (bicyclic) bond motifs is 1. The standard InChI is InChI=1S/C19H22N2O3/c1-13(15-9-4-7-14-6-2-3-8-16(14)15)20-18(22)12-21-11-5-10-17(21)19(23)24/h2-4,6-9,13,17H,5,10-12H2,1H3,(H,20,22)(H,23,24)/t13?,17-/m0/s1. The van der Waals surface area contributed by atoms with Gasteiger partial charge in [0.1, 0.15) is 6.04 Å². The average molecular weight is 326 g/mol. The summed E-state index contributed by atoms with van der Waals surface area (Å²) in [6.45, 7) is 2.75. The van der Waals surface area contributed by atoms with Crippen LogP contribution in [0.25, 0.3) is 10.8 Å². The van der Waals surface area contributed by atoms with Gasteiger partial charge in [-0.15, -0.1) is 0 Å². The van der Waals surface area contributed by atoms with Gasteiger partial charge in [-0.3, -0.25) is 14.5 Å². The third kappa shape index (κ3) is 3.41. The second-order valence-corrected chi connectivity index (χ2v) is 6.32. The molecule has 0 aliphatic carbocycles. The van der Waals surface area contributed by atoms with Gasteiger partial charge in [-0.05, 0) is 42.6 Å². The van der Waals surface area contributed by atoms with Crippen LogP contribution in [-0.2, 0) is 9.59 Å². The maximum absolute atomic E-state index is 12.3. The number of hydrogen-bond donors (Lipinski definition) is 2. The first-order valence-corrected chi connectivity index (χ1v) is 8.30. The average Bonchev–Trinajstić information content (AvgIpc) is 3.02. The van der Waals surface area contributed by atoms with Crippen molar-refractivity contribution in [2.45, 2.75) is 31.8 Å². The Morgan fingerprint density at radius 3 is 2.79 bits per heavy atom. The lowest BCUT2D eigenvalue weighted by Gasteiger charge is -2.22. The molecule has 0 bridgehead atoms. The highest BCUT2D eigenvalue weighted by molar-refractivity contribution is 5.87. The van der Waals surface area contributed by atoms with Crippen LogP contribution in [0.3, 0.4) is 0 Å². The van der Waals surface area contributed by atoms with Crippen LogP contribution in [0, 0.1) is 0 Å². The largest absolute Gasteiger partial charge is 0.480 e. The first kappa shape index (κ1) is 16.5. The molecule has 0 radical (unpaired) electrons. The van der Waals surface area contributed by atoms with Crippen molar-refractivity contribution < 1.29 is 14.7 Å². The molecule has 24 heavy (non-hydrogen) atoms. The Morgan fingerprint density at radius 1 is 1.25 bits per heavy atom. The Labute approximate surface area is 141 Å². The molecule has 2 aromatic carbocycles. The lowest BCUT2D eigenvalue weighted by atomic mass is 10.00. The first-order chi connectivity index (χ1) is 11.6. The van der Waals surface area contributed by atoms with Crippen molar-refractivity contribution in [3.8, 4) is 0 Å². The number of amides is 1. The molecular formula is C19H22N2O3. The number of nitrogens with one attached hydrogen (secondary N) is 1. The van der Waals surface area contributed by atoms with Crippen molar-refractivity contribution in [1.82, 2.24) is 10.2 Å². The number of benzene rings is 2. The van der Waals surface area contributed by atoms with E-state index in [0.29, 0.717) is 13.0 Å². The Bertz CT molecular complexity index is 754. The molecular weight excluding hydrogens is 304 g/mol. The second-order valence-electron chi connectivity index (χ2n) is 6.32. The molecule has 1 fully saturated rings. The quantitative estimate of drug-likeness (QED) is 0.886. The lowest BCUT2D eigenvalue weighted by Crippen LogP contribution is -2.43. The van der Waals surface area contributed by atoms with E-state index < -0.39 is 12.0 Å². The molecule has 1 aliphatic rings. The minimum atomic E-state index is -0.845. The topological polar surface area (TPSA) is 69.6 Å². The molecule has 1 aliphatic heterocycles. The van der Waals surface area contributed by atoms with Gasteiger partial charge in [0.25, 0.3) is 0 Å². The van der Waals surface area contributed by atoms with Gasteiger partial charge in [-0.1, -0.05) is 42.5 Å². The minimum Gasteiger partial charge on any atom is -0.480 e. The number of likely N-dealkylation sites (tertiary alicyclic amines) is 1. The van der Waals surface area contributed by atoms with Crippen molar-refractivity contribution in [1.29, 1.82) is 0 Å². The van der Waals surface area contributed by atoms with Gasteiger partial charge in [-0.2, -0.15) is 0 Å². The summed E-state index contributed by atoms with van der Waals surface area (Å²) in [4.78, 5) is 25.3. The molecule has 1 unspecified atom stereocenters. The van der Waals surface area contributed by atoms with Gasteiger partial charge < -0.3 is 10.4 Å². The van der Waals surface area contributed by atoms with Gasteiger partial charge in [0.05, 0.1) is 12.6 Å². The highest BCUT2D eigenvalue weighted by Gasteiger charge is 2.31. The molecule has 0 spiro atoms. The van der Waals surface area contributed by atoms with E-state index >= 15 is 0 Å². The summed E-state index contributed by atoms with van der Waals surface area (Å²) in [5.74, 6) is -0.981. The summed E-state index contributed by atoms with van der Waals surface area (Å²) in [6.07, 6.45) is 1.44. The number of carboxylic acids is 1. The summed E-state index contributed by atoms with van der Waals surface area (Å²) >= 11 is 0. The van der Waals surface area contributed by atoms with Crippen LogP contribution >= 0.6 is 0 Å². The van der Waals surface area contributed by atoms with Crippen LogP contribution in [0.5, 0.6) is 0 Å². The number of rotatable bonds is 5. The maximum atomic E-state index is 12.3. The fraction of sp³-hybridized carbons (Fsp3) is 0.368. The van der Waals surface area contributed by atoms with E-state index in [1.807, 2.05) is 37.3 Å². The summed E-state index contributed by atoms with van der Waals surface area (Å²) < 4.78 is 0. The number of hydrogen-bond acceptors (Lipinski definition) is 3. The molecule has 126 valence electrons. The fourth-order valence-electron chi connectivity index (χ4n) is 3.47. The van der Waals surface area contributed by atoms with Crippen LogP contribution in [0.15, 0.2) is 42.5 Å². The zero-order chi connectivity index (χ0) is 17.1. The van der Waals surface area contributed by atoms with Crippen molar-refractivity contribution in [2.24, 2.45) is 0 Å². The van der Waals surface area contributed by atoms with E-state index in [9.17, 15) is 14.7 Å². The summed E-state index contributed by atoms with van der Waals surface area (Å²) in [5.41, 5.74) is 1.07. The first-order valence-electron chi connectivity index (χ1n) is 8.30. The molecule has 3 rings (SSSR count). The van der Waals surface area contributed by atoms with Crippen LogP contribution in [0.4, 0.5) is 0 Å². The third-order valence-electron chi connectivity index (χ3n) is 4.66. The molecule has 5 nitrogen and oxygen atoms in total. The Hall–Kier alpha value is -2.40. The van der Waals surface area contributed by atoms with Gasteiger partial charge in [0, 0.05) is 0 Å². The van der Waals surface area contributed by atoms with Gasteiger partial charge in [0.2, 0.25) is 5.91 Å². The Balaban J connectivity index is 1.69. The number of aliphatic carboxylic acids is 1. The SMILES string of the molecule is CC(NC(=O)CN1CCC[C@H]1C(=O)O)c1cccc2ccccc12. The third-order valence-corrected chi connectivity index (χ3v) is 4.66. The van der Waals surface area contributed by atoms with Crippen LogP contribution in [-0.4, -0.2) is 41.0 Å². The van der Waals surface area contributed by atoms with Crippen LogP contribution < -0.4 is 5.32 Å². The number of nitrogens with zero attached hydrogens (tertiary/aromatic N) is 1. The summed E-state index contributed by atoms with van der Waals surface area (Å²) in [5, 5.41) is 14.5. The second kappa shape index (κ2) is 7.01. The molecule has 1 saturated heterocycles. The van der Waals surface area contributed by atoms with E-state index in [2.05, 4.69) is 17.4 Å². The molecule has 1 heterocycles. The summed E-state index contributed by atoms with van der Waals surface area (Å²) in [7, 11) is 0.